The summed E-state index contributed by atoms with van der Waals surface area (Å²) in [5, 5.41) is 13.5. The third-order valence-electron chi connectivity index (χ3n) is 4.87. The van der Waals surface area contributed by atoms with Gasteiger partial charge >= 0.3 is 0 Å². The fourth-order valence-corrected chi connectivity index (χ4v) is 3.90. The summed E-state index contributed by atoms with van der Waals surface area (Å²) in [6.07, 6.45) is -0.0321. The number of rotatable bonds is 0. The van der Waals surface area contributed by atoms with Crippen molar-refractivity contribution in [2.45, 2.75) is 44.0 Å². The number of fused-ring (bicyclic) bond motifs is 6. The largest absolute Gasteiger partial charge is 0.454 e. The molecule has 0 saturated carbocycles. The summed E-state index contributed by atoms with van der Waals surface area (Å²) in [5.74, 6) is 0.149. The predicted octanol–water partition coefficient (Wildman–Crippen LogP) is 0.805. The van der Waals surface area contributed by atoms with E-state index in [2.05, 4.69) is 5.32 Å². The molecule has 0 aromatic heterocycles. The molecule has 0 bridgehead atoms. The first kappa shape index (κ1) is 14.3. The molecule has 126 valence electrons. The molecule has 5 rings (SSSR count). The van der Waals surface area contributed by atoms with Gasteiger partial charge in [-0.15, -0.1) is 0 Å². The Labute approximate surface area is 138 Å². The fraction of sp³-hybridized carbons (Fsp3) is 0.471. The van der Waals surface area contributed by atoms with Gasteiger partial charge in [0.1, 0.15) is 18.3 Å². The molecule has 2 N–H and O–H groups in total. The molecular weight excluding hydrogens is 314 g/mol. The molecule has 1 saturated heterocycles. The average molecular weight is 331 g/mol. The number of ether oxygens (including phenoxy) is 4. The lowest BCUT2D eigenvalue weighted by atomic mass is 9.79. The minimum atomic E-state index is -0.809. The van der Waals surface area contributed by atoms with E-state index in [4.69, 9.17) is 18.9 Å². The Balaban J connectivity index is 1.64. The quantitative estimate of drug-likeness (QED) is 0.731. The zero-order valence-electron chi connectivity index (χ0n) is 13.2. The molecule has 7 nitrogen and oxygen atoms in total. The normalized spacial score (nSPS) is 34.8. The topological polar surface area (TPSA) is 86.3 Å². The van der Waals surface area contributed by atoms with Gasteiger partial charge in [-0.1, -0.05) is 0 Å². The maximum absolute atomic E-state index is 12.6. The van der Waals surface area contributed by atoms with E-state index < -0.39 is 24.1 Å². The highest BCUT2D eigenvalue weighted by molar-refractivity contribution is 6.05. The third kappa shape index (κ3) is 1.86. The number of benzene rings is 1. The molecule has 7 heteroatoms. The summed E-state index contributed by atoms with van der Waals surface area (Å²) in [6.45, 7) is 3.74. The molecule has 1 fully saturated rings. The summed E-state index contributed by atoms with van der Waals surface area (Å²) < 4.78 is 22.5. The van der Waals surface area contributed by atoms with Gasteiger partial charge in [-0.2, -0.15) is 0 Å². The van der Waals surface area contributed by atoms with Gasteiger partial charge in [0.2, 0.25) is 6.79 Å². The van der Waals surface area contributed by atoms with Gasteiger partial charge < -0.3 is 29.4 Å². The van der Waals surface area contributed by atoms with Gasteiger partial charge in [0.25, 0.3) is 5.91 Å². The second kappa shape index (κ2) is 4.50. The molecule has 3 heterocycles. The standard InChI is InChI=1S/C17H17NO6/c1-17(2)23-14-10(19)3-8-7-4-11-12(22-6-21-11)5-9(7)16(20)18-13(8)15(14)24-17/h3-5,10,13-15,19H,6H2,1-2H3,(H,18,20)/t10-,13+,14+,15-/m1/s1. The van der Waals surface area contributed by atoms with Crippen LogP contribution in [0.5, 0.6) is 11.5 Å². The highest BCUT2D eigenvalue weighted by atomic mass is 16.8. The maximum atomic E-state index is 12.6. The van der Waals surface area contributed by atoms with E-state index in [1.807, 2.05) is 0 Å². The summed E-state index contributed by atoms with van der Waals surface area (Å²) in [7, 11) is 0. The zero-order chi connectivity index (χ0) is 16.6. The van der Waals surface area contributed by atoms with Crippen LogP contribution >= 0.6 is 0 Å². The van der Waals surface area contributed by atoms with Crippen LogP contribution in [0.25, 0.3) is 5.57 Å². The van der Waals surface area contributed by atoms with Crippen molar-refractivity contribution in [1.29, 1.82) is 0 Å². The lowest BCUT2D eigenvalue weighted by Gasteiger charge is -2.38. The van der Waals surface area contributed by atoms with Crippen molar-refractivity contribution in [2.24, 2.45) is 0 Å². The molecule has 0 unspecified atom stereocenters. The number of amides is 1. The van der Waals surface area contributed by atoms with Crippen LogP contribution in [0.3, 0.4) is 0 Å². The SMILES string of the molecule is CC1(C)O[C@@H]2[C@H](O1)[C@H]1NC(=O)c3cc4c(cc3C1=C[C@H]2O)OCO4. The Hall–Kier alpha value is -2.09. The fourth-order valence-electron chi connectivity index (χ4n) is 3.90. The number of carbonyl (C=O) groups is 1. The van der Waals surface area contributed by atoms with Crippen LogP contribution in [0.2, 0.25) is 0 Å². The molecular formula is C17H17NO6. The molecule has 1 aromatic carbocycles. The predicted molar refractivity (Wildman–Crippen MR) is 81.6 cm³/mol. The number of aliphatic hydroxyl groups is 1. The van der Waals surface area contributed by atoms with Gasteiger partial charge in [-0.3, -0.25) is 4.79 Å². The highest BCUT2D eigenvalue weighted by Gasteiger charge is 2.53. The number of hydrogen-bond donors (Lipinski definition) is 2. The van der Waals surface area contributed by atoms with E-state index in [1.165, 1.54) is 0 Å². The Kier molecular flexibility index (Phi) is 2.68. The van der Waals surface area contributed by atoms with Crippen LogP contribution < -0.4 is 14.8 Å². The Bertz CT molecular complexity index is 786. The zero-order valence-corrected chi connectivity index (χ0v) is 13.2. The molecule has 4 atom stereocenters. The minimum Gasteiger partial charge on any atom is -0.454 e. The summed E-state index contributed by atoms with van der Waals surface area (Å²) in [6, 6.07) is 3.10. The summed E-state index contributed by atoms with van der Waals surface area (Å²) in [4.78, 5) is 12.6. The third-order valence-corrected chi connectivity index (χ3v) is 4.87. The molecule has 1 amide bonds. The van der Waals surface area contributed by atoms with Crippen LogP contribution in [-0.2, 0) is 9.47 Å². The smallest absolute Gasteiger partial charge is 0.252 e. The van der Waals surface area contributed by atoms with Crippen molar-refractivity contribution < 1.29 is 28.8 Å². The van der Waals surface area contributed by atoms with Gasteiger partial charge in [-0.05, 0) is 43.2 Å². The first-order valence-electron chi connectivity index (χ1n) is 7.93. The first-order chi connectivity index (χ1) is 11.4. The molecule has 0 spiro atoms. The second-order valence-corrected chi connectivity index (χ2v) is 6.88. The molecule has 1 aliphatic carbocycles. The lowest BCUT2D eigenvalue weighted by Crippen LogP contribution is -2.55. The Morgan fingerprint density at radius 2 is 1.79 bits per heavy atom. The van der Waals surface area contributed by atoms with Gasteiger partial charge in [-0.25, -0.2) is 0 Å². The summed E-state index contributed by atoms with van der Waals surface area (Å²) in [5.41, 5.74) is 2.06. The number of carbonyl (C=O) groups excluding carboxylic acids is 1. The monoisotopic (exact) mass is 331 g/mol. The van der Waals surface area contributed by atoms with Gasteiger partial charge in [0.15, 0.2) is 17.3 Å². The van der Waals surface area contributed by atoms with E-state index in [9.17, 15) is 9.90 Å². The van der Waals surface area contributed by atoms with Crippen LogP contribution in [-0.4, -0.2) is 47.9 Å². The Morgan fingerprint density at radius 3 is 2.54 bits per heavy atom. The molecule has 24 heavy (non-hydrogen) atoms. The van der Waals surface area contributed by atoms with E-state index >= 15 is 0 Å². The second-order valence-electron chi connectivity index (χ2n) is 6.88. The highest BCUT2D eigenvalue weighted by Crippen LogP contribution is 2.45. The lowest BCUT2D eigenvalue weighted by molar-refractivity contribution is -0.152. The van der Waals surface area contributed by atoms with Crippen molar-refractivity contribution in [3.8, 4) is 11.5 Å². The maximum Gasteiger partial charge on any atom is 0.252 e. The van der Waals surface area contributed by atoms with Gasteiger partial charge in [0.05, 0.1) is 11.6 Å². The molecule has 4 aliphatic rings. The van der Waals surface area contributed by atoms with Gasteiger partial charge in [0, 0.05) is 0 Å². The molecule has 3 aliphatic heterocycles. The number of nitrogens with one attached hydrogen (secondary N) is 1. The molecule has 0 radical (unpaired) electrons. The van der Waals surface area contributed by atoms with E-state index in [-0.39, 0.29) is 18.7 Å². The van der Waals surface area contributed by atoms with Crippen LogP contribution in [0.1, 0.15) is 29.8 Å². The van der Waals surface area contributed by atoms with Crippen molar-refractivity contribution in [3.63, 3.8) is 0 Å². The van der Waals surface area contributed by atoms with Crippen molar-refractivity contribution >= 4 is 11.5 Å². The number of hydrogen-bond acceptors (Lipinski definition) is 6. The van der Waals surface area contributed by atoms with E-state index in [1.54, 1.807) is 32.1 Å². The average Bonchev–Trinajstić information content (AvgIpc) is 3.10. The Morgan fingerprint density at radius 1 is 1.12 bits per heavy atom. The van der Waals surface area contributed by atoms with Crippen molar-refractivity contribution in [3.05, 3.63) is 29.3 Å². The van der Waals surface area contributed by atoms with Crippen molar-refractivity contribution in [1.82, 2.24) is 5.32 Å². The van der Waals surface area contributed by atoms with E-state index in [0.29, 0.717) is 17.1 Å². The minimum absolute atomic E-state index is 0.140. The molecule has 1 aromatic rings. The van der Waals surface area contributed by atoms with Crippen LogP contribution in [0.4, 0.5) is 0 Å². The summed E-state index contributed by atoms with van der Waals surface area (Å²) >= 11 is 0. The first-order valence-corrected chi connectivity index (χ1v) is 7.93. The van der Waals surface area contributed by atoms with Crippen LogP contribution in [0, 0.1) is 0 Å². The van der Waals surface area contributed by atoms with Crippen LogP contribution in [0.15, 0.2) is 18.2 Å². The number of aliphatic hydroxyl groups excluding tert-OH is 1. The van der Waals surface area contributed by atoms with E-state index in [0.717, 1.165) is 11.1 Å². The van der Waals surface area contributed by atoms with Crippen molar-refractivity contribution in [2.75, 3.05) is 6.79 Å².